The molecule has 9 nitrogen and oxygen atoms in total. The average molecular weight is 758 g/mol. The maximum atomic E-state index is 17.2. The monoisotopic (exact) mass is 756 g/mol. The minimum Gasteiger partial charge on any atom is -0.376 e. The molecule has 6 unspecified atom stereocenters. The Hall–Kier alpha value is -3.75. The fourth-order valence-electron chi connectivity index (χ4n) is 9.53. The molecule has 2 saturated carbocycles. The van der Waals surface area contributed by atoms with Crippen molar-refractivity contribution in [2.45, 2.75) is 82.5 Å². The number of nitriles is 1. The number of piperidine rings is 1. The molecule has 2 aromatic heterocycles. The van der Waals surface area contributed by atoms with Gasteiger partial charge in [-0.05, 0) is 74.6 Å². The Morgan fingerprint density at radius 1 is 1.17 bits per heavy atom. The summed E-state index contributed by atoms with van der Waals surface area (Å²) in [4.78, 5) is 35.2. The van der Waals surface area contributed by atoms with Crippen LogP contribution in [0.25, 0.3) is 32.9 Å². The molecule has 4 saturated heterocycles. The first-order chi connectivity index (χ1) is 25.6. The number of carbonyl (C=O) groups excluding carboxylic acids is 2. The van der Waals surface area contributed by atoms with Crippen molar-refractivity contribution in [3.05, 3.63) is 63.1 Å². The Kier molecular flexibility index (Phi) is 8.93. The zero-order chi connectivity index (χ0) is 36.7. The molecule has 0 radical (unpaired) electrons. The number of hydrogen-bond donors (Lipinski definition) is 1. The number of benzene rings is 2. The van der Waals surface area contributed by atoms with Gasteiger partial charge in [-0.25, -0.2) is 9.37 Å². The second-order valence-corrected chi connectivity index (χ2v) is 16.7. The fourth-order valence-corrected chi connectivity index (χ4v) is 9.92. The summed E-state index contributed by atoms with van der Waals surface area (Å²) >= 11 is 13.1. The van der Waals surface area contributed by atoms with Crippen molar-refractivity contribution in [1.82, 2.24) is 24.7 Å². The number of nitrogens with one attached hydrogen (secondary N) is 1. The maximum absolute atomic E-state index is 17.2. The number of ether oxygens (including phenoxy) is 1. The van der Waals surface area contributed by atoms with Gasteiger partial charge >= 0.3 is 0 Å². The van der Waals surface area contributed by atoms with Crippen LogP contribution in [0.1, 0.15) is 74.0 Å². The minimum absolute atomic E-state index is 0.0416. The van der Waals surface area contributed by atoms with Gasteiger partial charge in [0.25, 0.3) is 0 Å². The SMILES string of the molecule is Cc1nc2c(F)c(-c3cccc(Cl)c3Cl)c(CCC#N)cc2c2c1cc(C1CC(OCC3CCN(C)C(=O)C3)CN1C(=O)C1CC1)n2C1C2CNC1C2. The molecule has 10 rings (SSSR count). The Balaban J connectivity index is 1.19. The van der Waals surface area contributed by atoms with Gasteiger partial charge in [-0.2, -0.15) is 5.26 Å². The molecular weight excluding hydrogens is 714 g/mol. The van der Waals surface area contributed by atoms with Crippen LogP contribution in [0.3, 0.4) is 0 Å². The summed E-state index contributed by atoms with van der Waals surface area (Å²) < 4.78 is 26.2. The number of aromatic nitrogens is 2. The number of amides is 2. The van der Waals surface area contributed by atoms with E-state index in [4.69, 9.17) is 32.9 Å². The normalized spacial score (nSPS) is 26.8. The lowest BCUT2D eigenvalue weighted by Gasteiger charge is -2.39. The number of likely N-dealkylation sites (tertiary alicyclic amines) is 2. The van der Waals surface area contributed by atoms with E-state index in [1.54, 1.807) is 23.1 Å². The van der Waals surface area contributed by atoms with Crippen LogP contribution < -0.4 is 5.32 Å². The van der Waals surface area contributed by atoms with Gasteiger partial charge in [0.15, 0.2) is 5.82 Å². The topological polar surface area (TPSA) is 103 Å². The van der Waals surface area contributed by atoms with E-state index < -0.39 is 5.82 Å². The van der Waals surface area contributed by atoms with E-state index in [9.17, 15) is 14.9 Å². The zero-order valence-electron chi connectivity index (χ0n) is 30.0. The van der Waals surface area contributed by atoms with E-state index in [1.807, 2.05) is 24.9 Å². The van der Waals surface area contributed by atoms with E-state index in [2.05, 4.69) is 22.0 Å². The zero-order valence-corrected chi connectivity index (χ0v) is 31.5. The van der Waals surface area contributed by atoms with Gasteiger partial charge < -0.3 is 24.4 Å². The van der Waals surface area contributed by atoms with Crippen LogP contribution in [0.4, 0.5) is 4.39 Å². The van der Waals surface area contributed by atoms with Gasteiger partial charge in [-0.15, -0.1) is 0 Å². The molecule has 0 spiro atoms. The Bertz CT molecular complexity index is 2200. The first-order valence-electron chi connectivity index (χ1n) is 19.0. The predicted octanol–water partition coefficient (Wildman–Crippen LogP) is 7.54. The number of fused-ring (bicyclic) bond motifs is 4. The van der Waals surface area contributed by atoms with Gasteiger partial charge in [-0.1, -0.05) is 35.3 Å². The van der Waals surface area contributed by atoms with Crippen molar-refractivity contribution in [3.8, 4) is 17.2 Å². The lowest BCUT2D eigenvalue weighted by molar-refractivity contribution is -0.134. The molecule has 6 fully saturated rings. The average Bonchev–Trinajstić information content (AvgIpc) is 3.44. The van der Waals surface area contributed by atoms with Gasteiger partial charge in [0.05, 0.1) is 46.4 Å². The van der Waals surface area contributed by atoms with Crippen molar-refractivity contribution in [2.24, 2.45) is 17.8 Å². The largest absolute Gasteiger partial charge is 0.376 e. The summed E-state index contributed by atoms with van der Waals surface area (Å²) in [5.74, 6) is 0.466. The van der Waals surface area contributed by atoms with Crippen LogP contribution in [-0.4, -0.2) is 76.6 Å². The number of carbonyl (C=O) groups is 2. The highest BCUT2D eigenvalue weighted by Gasteiger charge is 2.51. The van der Waals surface area contributed by atoms with Crippen LogP contribution in [-0.2, 0) is 20.7 Å². The third-order valence-electron chi connectivity index (χ3n) is 12.6. The van der Waals surface area contributed by atoms with Crippen LogP contribution in [0.5, 0.6) is 0 Å². The van der Waals surface area contributed by atoms with Gasteiger partial charge in [-0.3, -0.25) is 9.59 Å². The second-order valence-electron chi connectivity index (χ2n) is 15.9. The number of nitrogens with zero attached hydrogens (tertiary/aromatic N) is 5. The Labute approximate surface area is 318 Å². The molecule has 6 aliphatic rings. The van der Waals surface area contributed by atoms with E-state index in [-0.39, 0.29) is 64.8 Å². The highest BCUT2D eigenvalue weighted by Crippen LogP contribution is 2.51. The molecule has 12 heteroatoms. The quantitative estimate of drug-likeness (QED) is 0.189. The second kappa shape index (κ2) is 13.5. The third kappa shape index (κ3) is 5.90. The minimum atomic E-state index is -0.485. The van der Waals surface area contributed by atoms with Crippen molar-refractivity contribution >= 4 is 56.8 Å². The lowest BCUT2D eigenvalue weighted by atomic mass is 9.79. The molecular formula is C41H43Cl2FN6O3. The van der Waals surface area contributed by atoms with Crippen LogP contribution in [0, 0.1) is 41.8 Å². The molecule has 2 amide bonds. The van der Waals surface area contributed by atoms with Gasteiger partial charge in [0, 0.05) is 91.2 Å². The summed E-state index contributed by atoms with van der Waals surface area (Å²) in [6, 6.07) is 11.8. The third-order valence-corrected chi connectivity index (χ3v) is 13.4. The molecule has 2 bridgehead atoms. The summed E-state index contributed by atoms with van der Waals surface area (Å²) in [6.07, 6.45) is 5.30. The Morgan fingerprint density at radius 3 is 2.72 bits per heavy atom. The van der Waals surface area contributed by atoms with Crippen molar-refractivity contribution < 1.29 is 18.7 Å². The van der Waals surface area contributed by atoms with Crippen molar-refractivity contribution in [3.63, 3.8) is 0 Å². The van der Waals surface area contributed by atoms with Crippen molar-refractivity contribution in [1.29, 1.82) is 5.26 Å². The first-order valence-corrected chi connectivity index (χ1v) is 19.8. The van der Waals surface area contributed by atoms with Crippen molar-refractivity contribution in [2.75, 3.05) is 33.3 Å². The predicted molar refractivity (Wildman–Crippen MR) is 202 cm³/mol. The van der Waals surface area contributed by atoms with Crippen LogP contribution >= 0.6 is 23.2 Å². The number of pyridine rings is 1. The van der Waals surface area contributed by atoms with E-state index >= 15 is 4.39 Å². The summed E-state index contributed by atoms with van der Waals surface area (Å²) in [5, 5.41) is 15.5. The molecule has 6 heterocycles. The molecule has 2 aromatic carbocycles. The standard InChI is InChI=1S/C41H43Cl2FN6O3/c1-21-28-17-33(32-16-26(19-49(32)41(52)23-8-9-23)53-20-22-10-12-48(2)34(51)13-22)50(39-25-15-31(39)46-18-25)40(28)29-14-24(5-4-11-45)35(37(44)38(29)47-21)27-6-3-7-30(42)36(27)43/h3,6-7,14,17,22-23,25-26,31-32,39,46H,4-5,8-10,12-13,15-16,18-20H2,1-2H3. The number of rotatable bonds is 9. The maximum Gasteiger partial charge on any atom is 0.226 e. The molecule has 276 valence electrons. The summed E-state index contributed by atoms with van der Waals surface area (Å²) in [7, 11) is 1.85. The molecule has 4 aromatic rings. The number of halogens is 3. The molecule has 2 aliphatic carbocycles. The summed E-state index contributed by atoms with van der Waals surface area (Å²) in [5.41, 5.74) is 4.37. The van der Waals surface area contributed by atoms with Gasteiger partial charge in [0.2, 0.25) is 11.8 Å². The molecule has 6 atom stereocenters. The lowest BCUT2D eigenvalue weighted by Crippen LogP contribution is -2.41. The Morgan fingerprint density at radius 2 is 2.00 bits per heavy atom. The highest BCUT2D eigenvalue weighted by molar-refractivity contribution is 6.43. The van der Waals surface area contributed by atoms with Gasteiger partial charge in [0.1, 0.15) is 5.52 Å². The van der Waals surface area contributed by atoms with Crippen LogP contribution in [0.2, 0.25) is 10.0 Å². The summed E-state index contributed by atoms with van der Waals surface area (Å²) in [6.45, 7) is 4.57. The number of hydrogen-bond acceptors (Lipinski definition) is 6. The molecule has 1 N–H and O–H groups in total. The molecule has 53 heavy (non-hydrogen) atoms. The first kappa shape index (κ1) is 35.0. The van der Waals surface area contributed by atoms with E-state index in [0.717, 1.165) is 55.4 Å². The van der Waals surface area contributed by atoms with E-state index in [1.165, 1.54) is 0 Å². The van der Waals surface area contributed by atoms with E-state index in [0.29, 0.717) is 71.1 Å². The highest BCUT2D eigenvalue weighted by atomic mass is 35.5. The smallest absolute Gasteiger partial charge is 0.226 e. The number of aryl methyl sites for hydroxylation is 2. The molecule has 4 aliphatic heterocycles. The van der Waals surface area contributed by atoms with Crippen LogP contribution in [0.15, 0.2) is 30.3 Å². The fraction of sp³-hybridized carbons (Fsp3) is 0.512.